The van der Waals surface area contributed by atoms with Gasteiger partial charge in [-0.2, -0.15) is 0 Å². The lowest BCUT2D eigenvalue weighted by molar-refractivity contribution is -0.133. The zero-order valence-corrected chi connectivity index (χ0v) is 13.8. The predicted molar refractivity (Wildman–Crippen MR) is 88.0 cm³/mol. The summed E-state index contributed by atoms with van der Waals surface area (Å²) in [7, 11) is 0. The first-order valence-electron chi connectivity index (χ1n) is 7.92. The van der Waals surface area contributed by atoms with E-state index >= 15 is 0 Å². The number of hydrogen-bond donors (Lipinski definition) is 2. The Morgan fingerprint density at radius 3 is 2.43 bits per heavy atom. The first-order valence-corrected chi connectivity index (χ1v) is 7.92. The van der Waals surface area contributed by atoms with Crippen LogP contribution in [0.3, 0.4) is 0 Å². The smallest absolute Gasteiger partial charge is 0.325 e. The molecule has 0 aromatic heterocycles. The van der Waals surface area contributed by atoms with Gasteiger partial charge < -0.3 is 10.6 Å². The SMILES string of the molecule is CCC[C@]1(C)NC(=O)N(CC(=O)Nc2ccc(CC)cc2)C1=O. The molecule has 1 atom stereocenters. The van der Waals surface area contributed by atoms with Gasteiger partial charge >= 0.3 is 6.03 Å². The predicted octanol–water partition coefficient (Wildman–Crippen LogP) is 2.30. The molecule has 6 heteroatoms. The highest BCUT2D eigenvalue weighted by Gasteiger charge is 2.47. The van der Waals surface area contributed by atoms with Crippen LogP contribution in [-0.4, -0.2) is 34.8 Å². The summed E-state index contributed by atoms with van der Waals surface area (Å²) < 4.78 is 0. The van der Waals surface area contributed by atoms with Gasteiger partial charge in [0, 0.05) is 5.69 Å². The Balaban J connectivity index is 1.99. The molecule has 1 aromatic carbocycles. The fourth-order valence-corrected chi connectivity index (χ4v) is 2.73. The van der Waals surface area contributed by atoms with Gasteiger partial charge in [-0.25, -0.2) is 4.79 Å². The summed E-state index contributed by atoms with van der Waals surface area (Å²) in [6.45, 7) is 5.41. The van der Waals surface area contributed by atoms with E-state index < -0.39 is 17.5 Å². The van der Waals surface area contributed by atoms with Crippen molar-refractivity contribution < 1.29 is 14.4 Å². The molecule has 0 bridgehead atoms. The van der Waals surface area contributed by atoms with Crippen molar-refractivity contribution in [2.24, 2.45) is 0 Å². The van der Waals surface area contributed by atoms with E-state index in [-0.39, 0.29) is 12.5 Å². The summed E-state index contributed by atoms with van der Waals surface area (Å²) in [5.74, 6) is -0.737. The van der Waals surface area contributed by atoms with Gasteiger partial charge in [0.25, 0.3) is 5.91 Å². The molecule has 0 spiro atoms. The number of urea groups is 1. The van der Waals surface area contributed by atoms with Crippen molar-refractivity contribution >= 4 is 23.5 Å². The van der Waals surface area contributed by atoms with Crippen LogP contribution in [0.25, 0.3) is 0 Å². The topological polar surface area (TPSA) is 78.5 Å². The maximum absolute atomic E-state index is 12.4. The van der Waals surface area contributed by atoms with E-state index in [2.05, 4.69) is 17.6 Å². The zero-order chi connectivity index (χ0) is 17.0. The quantitative estimate of drug-likeness (QED) is 0.790. The third-order valence-electron chi connectivity index (χ3n) is 4.04. The van der Waals surface area contributed by atoms with Crippen LogP contribution in [0.4, 0.5) is 10.5 Å². The summed E-state index contributed by atoms with van der Waals surface area (Å²) in [5.41, 5.74) is 0.914. The van der Waals surface area contributed by atoms with Crippen LogP contribution in [0.2, 0.25) is 0 Å². The summed E-state index contributed by atoms with van der Waals surface area (Å²) in [4.78, 5) is 37.4. The standard InChI is InChI=1S/C17H23N3O3/c1-4-10-17(3)15(22)20(16(23)19-17)11-14(21)18-13-8-6-12(5-2)7-9-13/h6-9H,4-5,10-11H2,1-3H3,(H,18,21)(H,19,23)/t17-/m0/s1. The number of anilines is 1. The van der Waals surface area contributed by atoms with E-state index in [4.69, 9.17) is 0 Å². The molecule has 1 aliphatic heterocycles. The van der Waals surface area contributed by atoms with Gasteiger partial charge in [-0.1, -0.05) is 32.4 Å². The largest absolute Gasteiger partial charge is 0.325 e. The third-order valence-corrected chi connectivity index (χ3v) is 4.04. The second kappa shape index (κ2) is 6.81. The molecule has 0 unspecified atom stereocenters. The van der Waals surface area contributed by atoms with E-state index in [1.54, 1.807) is 6.92 Å². The van der Waals surface area contributed by atoms with Crippen LogP contribution in [0, 0.1) is 0 Å². The molecular formula is C17H23N3O3. The number of hydrogen-bond acceptors (Lipinski definition) is 3. The molecular weight excluding hydrogens is 294 g/mol. The normalized spacial score (nSPS) is 20.6. The minimum absolute atomic E-state index is 0.278. The number of rotatable bonds is 6. The molecule has 6 nitrogen and oxygen atoms in total. The van der Waals surface area contributed by atoms with Crippen LogP contribution >= 0.6 is 0 Å². The molecule has 0 radical (unpaired) electrons. The highest BCUT2D eigenvalue weighted by molar-refractivity contribution is 6.09. The van der Waals surface area contributed by atoms with Gasteiger partial charge in [0.15, 0.2) is 0 Å². The number of carbonyl (C=O) groups is 3. The number of aryl methyl sites for hydroxylation is 1. The van der Waals surface area contributed by atoms with Gasteiger partial charge in [-0.15, -0.1) is 0 Å². The fraction of sp³-hybridized carbons (Fsp3) is 0.471. The average molecular weight is 317 g/mol. The zero-order valence-electron chi connectivity index (χ0n) is 13.8. The summed E-state index contributed by atoms with van der Waals surface area (Å²) >= 11 is 0. The third kappa shape index (κ3) is 3.70. The van der Waals surface area contributed by atoms with E-state index in [1.165, 1.54) is 5.56 Å². The van der Waals surface area contributed by atoms with E-state index in [1.807, 2.05) is 31.2 Å². The molecule has 2 rings (SSSR count). The second-order valence-electron chi connectivity index (χ2n) is 6.00. The Hall–Kier alpha value is -2.37. The molecule has 1 heterocycles. The van der Waals surface area contributed by atoms with Crippen molar-refractivity contribution in [2.45, 2.75) is 45.6 Å². The van der Waals surface area contributed by atoms with Crippen molar-refractivity contribution in [3.8, 4) is 0 Å². The second-order valence-corrected chi connectivity index (χ2v) is 6.00. The van der Waals surface area contributed by atoms with Crippen molar-refractivity contribution in [3.05, 3.63) is 29.8 Å². The van der Waals surface area contributed by atoms with Gasteiger partial charge in [-0.3, -0.25) is 14.5 Å². The van der Waals surface area contributed by atoms with Crippen LogP contribution in [-0.2, 0) is 16.0 Å². The highest BCUT2D eigenvalue weighted by Crippen LogP contribution is 2.22. The van der Waals surface area contributed by atoms with Crippen LogP contribution < -0.4 is 10.6 Å². The molecule has 0 aliphatic carbocycles. The van der Waals surface area contributed by atoms with Gasteiger partial charge in [-0.05, 0) is 37.5 Å². The molecule has 1 saturated heterocycles. The molecule has 1 aromatic rings. The lowest BCUT2D eigenvalue weighted by Gasteiger charge is -2.20. The summed E-state index contributed by atoms with van der Waals surface area (Å²) in [6, 6.07) is 6.97. The number of carbonyl (C=O) groups excluding carboxylic acids is 3. The Labute approximate surface area is 136 Å². The molecule has 1 fully saturated rings. The van der Waals surface area contributed by atoms with Crippen molar-refractivity contribution in [2.75, 3.05) is 11.9 Å². The minimum Gasteiger partial charge on any atom is -0.325 e. The fourth-order valence-electron chi connectivity index (χ4n) is 2.73. The average Bonchev–Trinajstić information content (AvgIpc) is 2.72. The summed E-state index contributed by atoms with van der Waals surface area (Å²) in [5, 5.41) is 5.38. The number of benzene rings is 1. The lowest BCUT2D eigenvalue weighted by atomic mass is 9.96. The molecule has 4 amide bonds. The van der Waals surface area contributed by atoms with Crippen molar-refractivity contribution in [1.82, 2.24) is 10.2 Å². The van der Waals surface area contributed by atoms with Gasteiger partial charge in [0.05, 0.1) is 0 Å². The molecule has 1 aliphatic rings. The van der Waals surface area contributed by atoms with Crippen LogP contribution in [0.5, 0.6) is 0 Å². The van der Waals surface area contributed by atoms with Gasteiger partial charge in [0.1, 0.15) is 12.1 Å². The number of nitrogens with one attached hydrogen (secondary N) is 2. The van der Waals surface area contributed by atoms with Crippen LogP contribution in [0.15, 0.2) is 24.3 Å². The summed E-state index contributed by atoms with van der Waals surface area (Å²) in [6.07, 6.45) is 2.24. The first-order chi connectivity index (χ1) is 10.9. The van der Waals surface area contributed by atoms with E-state index in [9.17, 15) is 14.4 Å². The van der Waals surface area contributed by atoms with E-state index in [0.717, 1.165) is 17.7 Å². The number of amides is 4. The lowest BCUT2D eigenvalue weighted by Crippen LogP contribution is -2.44. The minimum atomic E-state index is -0.908. The number of nitrogens with zero attached hydrogens (tertiary/aromatic N) is 1. The Morgan fingerprint density at radius 2 is 1.87 bits per heavy atom. The Kier molecular flexibility index (Phi) is 5.03. The Morgan fingerprint density at radius 1 is 1.22 bits per heavy atom. The molecule has 124 valence electrons. The molecule has 2 N–H and O–H groups in total. The maximum atomic E-state index is 12.4. The number of imide groups is 1. The molecule has 23 heavy (non-hydrogen) atoms. The van der Waals surface area contributed by atoms with Crippen molar-refractivity contribution in [1.29, 1.82) is 0 Å². The first kappa shape index (κ1) is 17.0. The maximum Gasteiger partial charge on any atom is 0.325 e. The van der Waals surface area contributed by atoms with Crippen molar-refractivity contribution in [3.63, 3.8) is 0 Å². The molecule has 0 saturated carbocycles. The van der Waals surface area contributed by atoms with E-state index in [0.29, 0.717) is 12.1 Å². The van der Waals surface area contributed by atoms with Crippen LogP contribution in [0.1, 0.15) is 39.2 Å². The highest BCUT2D eigenvalue weighted by atomic mass is 16.2. The van der Waals surface area contributed by atoms with Gasteiger partial charge in [0.2, 0.25) is 5.91 Å². The monoisotopic (exact) mass is 317 g/mol. The Bertz CT molecular complexity index is 612.